The number of carbonyl (C=O) groups is 3. The number of rotatable bonds is 6. The summed E-state index contributed by atoms with van der Waals surface area (Å²) in [4.78, 5) is 36.6. The monoisotopic (exact) mass is 444 g/mol. The van der Waals surface area contributed by atoms with E-state index in [1.54, 1.807) is 0 Å². The Morgan fingerprint density at radius 1 is 1.16 bits per heavy atom. The summed E-state index contributed by atoms with van der Waals surface area (Å²) in [5, 5.41) is 0. The van der Waals surface area contributed by atoms with Gasteiger partial charge in [-0.25, -0.2) is 4.79 Å². The number of esters is 2. The molecule has 0 aliphatic heterocycles. The summed E-state index contributed by atoms with van der Waals surface area (Å²) in [6.07, 6.45) is 10.8. The van der Waals surface area contributed by atoms with Gasteiger partial charge in [0, 0.05) is 11.8 Å². The maximum Gasteiger partial charge on any atom is 0.344 e. The highest BCUT2D eigenvalue weighted by atomic mass is 16.6. The fourth-order valence-electron chi connectivity index (χ4n) is 7.54. The van der Waals surface area contributed by atoms with Crippen LogP contribution in [0.25, 0.3) is 0 Å². The minimum atomic E-state index is -0.409. The van der Waals surface area contributed by atoms with Gasteiger partial charge in [0.1, 0.15) is 6.10 Å². The molecule has 0 N–H and O–H groups in total. The van der Waals surface area contributed by atoms with Crippen LogP contribution in [-0.2, 0) is 23.9 Å². The Morgan fingerprint density at radius 3 is 2.66 bits per heavy atom. The van der Waals surface area contributed by atoms with E-state index in [9.17, 15) is 14.4 Å². The second kappa shape index (κ2) is 9.30. The smallest absolute Gasteiger partial charge is 0.344 e. The van der Waals surface area contributed by atoms with E-state index in [-0.39, 0.29) is 30.0 Å². The number of hydrogen-bond donors (Lipinski definition) is 0. The van der Waals surface area contributed by atoms with E-state index >= 15 is 0 Å². The Kier molecular flexibility index (Phi) is 6.84. The molecule has 0 aromatic rings. The van der Waals surface area contributed by atoms with Gasteiger partial charge in [0.2, 0.25) is 0 Å². The van der Waals surface area contributed by atoms with Crippen LogP contribution in [0.5, 0.6) is 0 Å². The van der Waals surface area contributed by atoms with Gasteiger partial charge in [-0.3, -0.25) is 9.59 Å². The molecule has 3 saturated carbocycles. The number of fused-ring (bicyclic) bond motifs is 5. The summed E-state index contributed by atoms with van der Waals surface area (Å²) in [7, 11) is 0. The van der Waals surface area contributed by atoms with Crippen molar-refractivity contribution < 1.29 is 23.9 Å². The molecular weight excluding hydrogens is 404 g/mol. The molecule has 178 valence electrons. The standard InChI is InChI=1S/C27H40O5/c1-5-16(3)26(30)31-15-24(29)32-25-17(6-2)14-23-22-9-7-18-13-19(28)8-10-20(18)21(22)11-12-27(23,25)4/h13,16-17,20-23,25H,5-12,14-15H2,1-4H3/t16?,17-,20-,21+,22+,23-,25-,27-/m0/s1. The number of hydrogen-bond acceptors (Lipinski definition) is 5. The topological polar surface area (TPSA) is 69.7 Å². The van der Waals surface area contributed by atoms with E-state index in [4.69, 9.17) is 9.47 Å². The first-order chi connectivity index (χ1) is 15.3. The molecule has 0 saturated heterocycles. The second-order valence-electron chi connectivity index (χ2n) is 11.1. The zero-order valence-corrected chi connectivity index (χ0v) is 20.2. The Morgan fingerprint density at radius 2 is 1.94 bits per heavy atom. The molecule has 3 fully saturated rings. The van der Waals surface area contributed by atoms with E-state index in [2.05, 4.69) is 13.8 Å². The number of carbonyl (C=O) groups excluding carboxylic acids is 3. The third kappa shape index (κ3) is 4.17. The summed E-state index contributed by atoms with van der Waals surface area (Å²) in [5.74, 6) is 2.21. The first-order valence-electron chi connectivity index (χ1n) is 12.9. The number of ketones is 1. The highest BCUT2D eigenvalue weighted by molar-refractivity contribution is 5.91. The molecule has 4 aliphatic carbocycles. The van der Waals surface area contributed by atoms with Crippen molar-refractivity contribution in [3.05, 3.63) is 11.6 Å². The van der Waals surface area contributed by atoms with Crippen LogP contribution in [-0.4, -0.2) is 30.4 Å². The zero-order chi connectivity index (χ0) is 23.0. The lowest BCUT2D eigenvalue weighted by Gasteiger charge is -2.53. The predicted molar refractivity (Wildman–Crippen MR) is 122 cm³/mol. The van der Waals surface area contributed by atoms with Crippen LogP contribution < -0.4 is 0 Å². The molecule has 0 heterocycles. The summed E-state index contributed by atoms with van der Waals surface area (Å²) in [6, 6.07) is 0. The quantitative estimate of drug-likeness (QED) is 0.522. The van der Waals surface area contributed by atoms with Gasteiger partial charge in [0.05, 0.1) is 5.92 Å². The van der Waals surface area contributed by atoms with E-state index in [0.717, 1.165) is 44.9 Å². The zero-order valence-electron chi connectivity index (χ0n) is 20.2. The molecule has 0 aromatic heterocycles. The minimum absolute atomic E-state index is 0.00999. The normalized spacial score (nSPS) is 39.2. The summed E-state index contributed by atoms with van der Waals surface area (Å²) in [5.41, 5.74) is 1.39. The average molecular weight is 445 g/mol. The molecular formula is C27H40O5. The predicted octanol–water partition coefficient (Wildman–Crippen LogP) is 5.27. The Balaban J connectivity index is 1.45. The van der Waals surface area contributed by atoms with Gasteiger partial charge in [-0.05, 0) is 87.0 Å². The van der Waals surface area contributed by atoms with Crippen molar-refractivity contribution in [1.82, 2.24) is 0 Å². The highest BCUT2D eigenvalue weighted by Gasteiger charge is 2.60. The Hall–Kier alpha value is -1.65. The molecule has 0 amide bonds. The van der Waals surface area contributed by atoms with Crippen molar-refractivity contribution in [1.29, 1.82) is 0 Å². The lowest BCUT2D eigenvalue weighted by Crippen LogP contribution is -2.49. The van der Waals surface area contributed by atoms with Gasteiger partial charge >= 0.3 is 11.9 Å². The lowest BCUT2D eigenvalue weighted by molar-refractivity contribution is -0.172. The van der Waals surface area contributed by atoms with Gasteiger partial charge in [-0.2, -0.15) is 0 Å². The van der Waals surface area contributed by atoms with E-state index in [0.29, 0.717) is 48.2 Å². The number of allylic oxidation sites excluding steroid dienone is 1. The molecule has 32 heavy (non-hydrogen) atoms. The molecule has 5 nitrogen and oxygen atoms in total. The van der Waals surface area contributed by atoms with Crippen molar-refractivity contribution in [3.8, 4) is 0 Å². The van der Waals surface area contributed by atoms with Gasteiger partial charge in [-0.1, -0.05) is 33.3 Å². The first kappa shape index (κ1) is 23.5. The molecule has 0 bridgehead atoms. The van der Waals surface area contributed by atoms with Crippen LogP contribution in [0, 0.1) is 40.9 Å². The second-order valence-corrected chi connectivity index (χ2v) is 11.1. The van der Waals surface area contributed by atoms with Crippen LogP contribution >= 0.6 is 0 Å². The van der Waals surface area contributed by atoms with E-state index < -0.39 is 5.97 Å². The van der Waals surface area contributed by atoms with Crippen molar-refractivity contribution in [3.63, 3.8) is 0 Å². The largest absolute Gasteiger partial charge is 0.459 e. The van der Waals surface area contributed by atoms with Gasteiger partial charge in [0.25, 0.3) is 0 Å². The van der Waals surface area contributed by atoms with Crippen molar-refractivity contribution in [2.75, 3.05) is 6.61 Å². The third-order valence-electron chi connectivity index (χ3n) is 9.50. The van der Waals surface area contributed by atoms with Gasteiger partial charge in [-0.15, -0.1) is 0 Å². The first-order valence-corrected chi connectivity index (χ1v) is 12.9. The molecule has 5 heteroatoms. The van der Waals surface area contributed by atoms with Crippen LogP contribution in [0.3, 0.4) is 0 Å². The van der Waals surface area contributed by atoms with Crippen molar-refractivity contribution in [2.24, 2.45) is 40.9 Å². The van der Waals surface area contributed by atoms with E-state index in [1.165, 1.54) is 5.57 Å². The molecule has 1 unspecified atom stereocenters. The van der Waals surface area contributed by atoms with Crippen LogP contribution in [0.4, 0.5) is 0 Å². The van der Waals surface area contributed by atoms with Crippen LogP contribution in [0.1, 0.15) is 85.5 Å². The molecule has 4 rings (SSSR count). The molecule has 4 aliphatic rings. The van der Waals surface area contributed by atoms with Gasteiger partial charge < -0.3 is 9.47 Å². The summed E-state index contributed by atoms with van der Waals surface area (Å²) < 4.78 is 11.3. The molecule has 0 spiro atoms. The molecule has 8 atom stereocenters. The molecule has 0 radical (unpaired) electrons. The average Bonchev–Trinajstić information content (AvgIpc) is 3.08. The summed E-state index contributed by atoms with van der Waals surface area (Å²) >= 11 is 0. The fourth-order valence-corrected chi connectivity index (χ4v) is 7.54. The Bertz CT molecular complexity index is 785. The Labute approximate surface area is 192 Å². The van der Waals surface area contributed by atoms with E-state index in [1.807, 2.05) is 19.9 Å². The fraction of sp³-hybridized carbons (Fsp3) is 0.815. The maximum atomic E-state index is 12.7. The third-order valence-corrected chi connectivity index (χ3v) is 9.50. The SMILES string of the molecule is CCC(C)C(=O)OCC(=O)O[C@H]1[C@@H](CC)C[C@H]2[C@@H]3CCC4=CC(=O)CC[C@@H]4[C@H]3CC[C@@]21C. The minimum Gasteiger partial charge on any atom is -0.459 e. The maximum absolute atomic E-state index is 12.7. The van der Waals surface area contributed by atoms with Crippen LogP contribution in [0.15, 0.2) is 11.6 Å². The molecule has 0 aromatic carbocycles. The lowest BCUT2D eigenvalue weighted by atomic mass is 9.52. The van der Waals surface area contributed by atoms with Gasteiger partial charge in [0.15, 0.2) is 12.4 Å². The summed E-state index contributed by atoms with van der Waals surface area (Å²) in [6.45, 7) is 7.99. The number of ether oxygens (including phenoxy) is 2. The van der Waals surface area contributed by atoms with Crippen molar-refractivity contribution in [2.45, 2.75) is 91.6 Å². The highest BCUT2D eigenvalue weighted by Crippen LogP contribution is 2.64. The van der Waals surface area contributed by atoms with Crippen molar-refractivity contribution >= 4 is 17.7 Å². The van der Waals surface area contributed by atoms with Crippen LogP contribution in [0.2, 0.25) is 0 Å².